The molecule has 1 aromatic rings. The molecule has 1 aliphatic carbocycles. The molecular formula is C16H21N3O5. The fourth-order valence-corrected chi connectivity index (χ4v) is 2.27. The first-order valence-corrected chi connectivity index (χ1v) is 7.79. The Balaban J connectivity index is 2.03. The molecule has 8 heteroatoms. The van der Waals surface area contributed by atoms with Gasteiger partial charge in [-0.05, 0) is 31.4 Å². The summed E-state index contributed by atoms with van der Waals surface area (Å²) < 4.78 is 4.54. The minimum Gasteiger partial charge on any atom is -0.469 e. The van der Waals surface area contributed by atoms with Gasteiger partial charge in [-0.2, -0.15) is 0 Å². The van der Waals surface area contributed by atoms with E-state index in [-0.39, 0.29) is 35.6 Å². The summed E-state index contributed by atoms with van der Waals surface area (Å²) in [4.78, 5) is 35.6. The van der Waals surface area contributed by atoms with E-state index in [4.69, 9.17) is 0 Å². The van der Waals surface area contributed by atoms with Crippen molar-refractivity contribution in [3.8, 4) is 0 Å². The third-order valence-electron chi connectivity index (χ3n) is 3.83. The van der Waals surface area contributed by atoms with Crippen molar-refractivity contribution < 1.29 is 19.2 Å². The molecule has 0 unspecified atom stereocenters. The average molecular weight is 335 g/mol. The van der Waals surface area contributed by atoms with Crippen LogP contribution in [0.3, 0.4) is 0 Å². The van der Waals surface area contributed by atoms with Crippen molar-refractivity contribution >= 4 is 23.3 Å². The molecule has 0 heterocycles. The predicted octanol–water partition coefficient (Wildman–Crippen LogP) is 2.19. The summed E-state index contributed by atoms with van der Waals surface area (Å²) in [7, 11) is 2.91. The second-order valence-corrected chi connectivity index (χ2v) is 5.81. The molecular weight excluding hydrogens is 314 g/mol. The third-order valence-corrected chi connectivity index (χ3v) is 3.83. The van der Waals surface area contributed by atoms with E-state index in [9.17, 15) is 19.7 Å². The molecule has 0 saturated heterocycles. The molecule has 0 aliphatic heterocycles. The summed E-state index contributed by atoms with van der Waals surface area (Å²) in [5, 5.41) is 14.3. The number of nitrogens with zero attached hydrogens (tertiary/aromatic N) is 2. The van der Waals surface area contributed by atoms with E-state index in [2.05, 4.69) is 10.1 Å². The van der Waals surface area contributed by atoms with E-state index in [1.165, 1.54) is 18.1 Å². The quantitative estimate of drug-likeness (QED) is 0.444. The van der Waals surface area contributed by atoms with Gasteiger partial charge in [-0.3, -0.25) is 19.7 Å². The lowest BCUT2D eigenvalue weighted by Crippen LogP contribution is -2.28. The number of amides is 1. The molecule has 0 atom stereocenters. The number of nitro groups is 1. The molecule has 0 radical (unpaired) electrons. The van der Waals surface area contributed by atoms with Crippen molar-refractivity contribution in [2.75, 3.05) is 26.0 Å². The highest BCUT2D eigenvalue weighted by molar-refractivity contribution is 5.95. The van der Waals surface area contributed by atoms with Crippen LogP contribution in [-0.2, 0) is 9.53 Å². The van der Waals surface area contributed by atoms with Crippen LogP contribution in [0.1, 0.15) is 36.0 Å². The Morgan fingerprint density at radius 2 is 2.12 bits per heavy atom. The SMILES string of the molecule is COC(=O)CCCN(C)C(=O)c1ccc(NC2CC2)c([N+](=O)[O-])c1. The number of nitro benzene ring substituents is 1. The molecule has 130 valence electrons. The smallest absolute Gasteiger partial charge is 0.305 e. The topological polar surface area (TPSA) is 102 Å². The van der Waals surface area contributed by atoms with Gasteiger partial charge < -0.3 is 15.0 Å². The number of hydrogen-bond donors (Lipinski definition) is 1. The van der Waals surface area contributed by atoms with E-state index in [1.54, 1.807) is 19.2 Å². The number of carbonyl (C=O) groups is 2. The van der Waals surface area contributed by atoms with Crippen LogP contribution in [-0.4, -0.2) is 48.4 Å². The second-order valence-electron chi connectivity index (χ2n) is 5.81. The standard InChI is InChI=1S/C16H21N3O5/c1-18(9-3-4-15(20)24-2)16(21)11-5-8-13(17-12-6-7-12)14(10-11)19(22)23/h5,8,10,12,17H,3-4,6-7,9H2,1-2H3. The van der Waals surface area contributed by atoms with Crippen LogP contribution < -0.4 is 5.32 Å². The van der Waals surface area contributed by atoms with Crippen LogP contribution in [0, 0.1) is 10.1 Å². The van der Waals surface area contributed by atoms with Crippen molar-refractivity contribution in [3.63, 3.8) is 0 Å². The average Bonchev–Trinajstić information content (AvgIpc) is 3.37. The molecule has 1 fully saturated rings. The van der Waals surface area contributed by atoms with Crippen molar-refractivity contribution in [2.24, 2.45) is 0 Å². The fourth-order valence-electron chi connectivity index (χ4n) is 2.27. The molecule has 2 rings (SSSR count). The summed E-state index contributed by atoms with van der Waals surface area (Å²) in [6.45, 7) is 0.365. The van der Waals surface area contributed by atoms with Gasteiger partial charge in [0.15, 0.2) is 0 Å². The maximum atomic E-state index is 12.4. The van der Waals surface area contributed by atoms with Crippen LogP contribution >= 0.6 is 0 Å². The highest BCUT2D eigenvalue weighted by Crippen LogP contribution is 2.31. The number of esters is 1. The summed E-state index contributed by atoms with van der Waals surface area (Å²) in [5.41, 5.74) is 0.590. The summed E-state index contributed by atoms with van der Waals surface area (Å²) in [6, 6.07) is 4.73. The number of nitrogens with one attached hydrogen (secondary N) is 1. The van der Waals surface area contributed by atoms with Crippen LogP contribution in [0.5, 0.6) is 0 Å². The molecule has 8 nitrogen and oxygen atoms in total. The first-order chi connectivity index (χ1) is 11.4. The Labute approximate surface area is 139 Å². The van der Waals surface area contributed by atoms with Gasteiger partial charge in [0.05, 0.1) is 12.0 Å². The lowest BCUT2D eigenvalue weighted by molar-refractivity contribution is -0.384. The lowest BCUT2D eigenvalue weighted by atomic mass is 10.1. The lowest BCUT2D eigenvalue weighted by Gasteiger charge is -2.17. The zero-order valence-corrected chi connectivity index (χ0v) is 13.8. The minimum atomic E-state index is -0.487. The van der Waals surface area contributed by atoms with Gasteiger partial charge in [-0.25, -0.2) is 0 Å². The van der Waals surface area contributed by atoms with Crippen molar-refractivity contribution in [1.82, 2.24) is 4.90 Å². The van der Waals surface area contributed by atoms with Gasteiger partial charge >= 0.3 is 5.97 Å². The minimum absolute atomic E-state index is 0.101. The Morgan fingerprint density at radius 3 is 2.71 bits per heavy atom. The predicted molar refractivity (Wildman–Crippen MR) is 88.0 cm³/mol. The number of hydrogen-bond acceptors (Lipinski definition) is 6. The van der Waals surface area contributed by atoms with Gasteiger partial charge in [-0.1, -0.05) is 0 Å². The number of benzene rings is 1. The molecule has 24 heavy (non-hydrogen) atoms. The molecule has 0 spiro atoms. The molecule has 1 saturated carbocycles. The van der Waals surface area contributed by atoms with E-state index in [1.807, 2.05) is 0 Å². The Bertz CT molecular complexity index is 643. The third kappa shape index (κ3) is 4.68. The molecule has 1 N–H and O–H groups in total. The van der Waals surface area contributed by atoms with Crippen LogP contribution in [0.15, 0.2) is 18.2 Å². The van der Waals surface area contributed by atoms with E-state index < -0.39 is 4.92 Å². The normalized spacial score (nSPS) is 13.2. The first kappa shape index (κ1) is 17.7. The number of rotatable bonds is 8. The number of ether oxygens (including phenoxy) is 1. The van der Waals surface area contributed by atoms with Crippen LogP contribution in [0.4, 0.5) is 11.4 Å². The monoisotopic (exact) mass is 335 g/mol. The highest BCUT2D eigenvalue weighted by Gasteiger charge is 2.26. The molecule has 0 aromatic heterocycles. The zero-order chi connectivity index (χ0) is 17.7. The number of methoxy groups -OCH3 is 1. The van der Waals surface area contributed by atoms with Crippen molar-refractivity contribution in [1.29, 1.82) is 0 Å². The van der Waals surface area contributed by atoms with Gasteiger partial charge in [0.1, 0.15) is 5.69 Å². The van der Waals surface area contributed by atoms with Gasteiger partial charge in [0.25, 0.3) is 11.6 Å². The summed E-state index contributed by atoms with van der Waals surface area (Å²) in [5.74, 6) is -0.650. The van der Waals surface area contributed by atoms with Crippen LogP contribution in [0.25, 0.3) is 0 Å². The van der Waals surface area contributed by atoms with Gasteiger partial charge in [0, 0.05) is 37.7 Å². The summed E-state index contributed by atoms with van der Waals surface area (Å²) >= 11 is 0. The highest BCUT2D eigenvalue weighted by atomic mass is 16.6. The maximum Gasteiger partial charge on any atom is 0.305 e. The first-order valence-electron chi connectivity index (χ1n) is 7.79. The number of carbonyl (C=O) groups excluding carboxylic acids is 2. The largest absolute Gasteiger partial charge is 0.469 e. The van der Waals surface area contributed by atoms with Crippen molar-refractivity contribution in [2.45, 2.75) is 31.7 Å². The van der Waals surface area contributed by atoms with Crippen LogP contribution in [0.2, 0.25) is 0 Å². The van der Waals surface area contributed by atoms with Gasteiger partial charge in [-0.15, -0.1) is 0 Å². The maximum absolute atomic E-state index is 12.4. The zero-order valence-electron chi connectivity index (χ0n) is 13.8. The van der Waals surface area contributed by atoms with Gasteiger partial charge in [0.2, 0.25) is 0 Å². The van der Waals surface area contributed by atoms with Crippen molar-refractivity contribution in [3.05, 3.63) is 33.9 Å². The second kappa shape index (κ2) is 7.76. The summed E-state index contributed by atoms with van der Waals surface area (Å²) in [6.07, 6.45) is 2.69. The van der Waals surface area contributed by atoms with E-state index in [0.29, 0.717) is 18.7 Å². The Morgan fingerprint density at radius 1 is 1.42 bits per heavy atom. The fraction of sp³-hybridized carbons (Fsp3) is 0.500. The Hall–Kier alpha value is -2.64. The molecule has 1 amide bonds. The van der Waals surface area contributed by atoms with E-state index >= 15 is 0 Å². The Kier molecular flexibility index (Phi) is 5.73. The van der Waals surface area contributed by atoms with E-state index in [0.717, 1.165) is 12.8 Å². The molecule has 1 aliphatic rings. The molecule has 1 aromatic carbocycles. The molecule has 0 bridgehead atoms. The number of anilines is 1.